The molecule has 0 aliphatic heterocycles. The van der Waals surface area contributed by atoms with Crippen molar-refractivity contribution >= 4 is 8.32 Å². The number of aryl methyl sites for hydroxylation is 1. The summed E-state index contributed by atoms with van der Waals surface area (Å²) in [4.78, 5) is 0. The third-order valence-corrected chi connectivity index (χ3v) is 7.69. The van der Waals surface area contributed by atoms with Crippen LogP contribution in [0.2, 0.25) is 19.6 Å². The molecule has 1 fully saturated rings. The highest BCUT2D eigenvalue weighted by Gasteiger charge is 2.53. The van der Waals surface area contributed by atoms with Gasteiger partial charge in [0, 0.05) is 5.41 Å². The molecule has 1 aromatic carbocycles. The lowest BCUT2D eigenvalue weighted by Crippen LogP contribution is -2.42. The summed E-state index contributed by atoms with van der Waals surface area (Å²) in [5, 5.41) is 0. The standard InChI is InChI=1S/C22H32O2Si/c1-22-13-12-18-17-9-7-16(23-2)14-15(17)6-8-19(18)20(22)10-11-21(22)24-25(3,4)5/h7,9,11,14,18-20H,6,8,10,12-13H2,1-5H3/t18?,19?,20?,22-/m0/s1. The van der Waals surface area contributed by atoms with Crippen molar-refractivity contribution in [1.29, 1.82) is 0 Å². The highest BCUT2D eigenvalue weighted by atomic mass is 28.4. The maximum absolute atomic E-state index is 6.53. The molecular formula is C22H32O2Si. The van der Waals surface area contributed by atoms with Crippen molar-refractivity contribution in [2.75, 3.05) is 7.11 Å². The minimum atomic E-state index is -1.54. The number of ether oxygens (including phenoxy) is 1. The van der Waals surface area contributed by atoms with Gasteiger partial charge in [0.15, 0.2) is 0 Å². The van der Waals surface area contributed by atoms with E-state index in [2.05, 4.69) is 50.8 Å². The largest absolute Gasteiger partial charge is 0.547 e. The summed E-state index contributed by atoms with van der Waals surface area (Å²) in [7, 11) is 0.228. The van der Waals surface area contributed by atoms with Crippen LogP contribution in [0.5, 0.6) is 5.75 Å². The van der Waals surface area contributed by atoms with Gasteiger partial charge in [0.2, 0.25) is 8.32 Å². The van der Waals surface area contributed by atoms with Gasteiger partial charge in [-0.25, -0.2) is 0 Å². The first-order chi connectivity index (χ1) is 11.8. The molecule has 4 rings (SSSR count). The van der Waals surface area contributed by atoms with Crippen LogP contribution in [0.25, 0.3) is 0 Å². The Bertz CT molecular complexity index is 702. The molecule has 136 valence electrons. The number of rotatable bonds is 3. The summed E-state index contributed by atoms with van der Waals surface area (Å²) in [5.41, 5.74) is 3.39. The van der Waals surface area contributed by atoms with Crippen LogP contribution in [-0.4, -0.2) is 15.4 Å². The Kier molecular flexibility index (Phi) is 4.06. The van der Waals surface area contributed by atoms with E-state index < -0.39 is 8.32 Å². The van der Waals surface area contributed by atoms with Crippen molar-refractivity contribution in [1.82, 2.24) is 0 Å². The molecule has 0 amide bonds. The van der Waals surface area contributed by atoms with Gasteiger partial charge in [-0.2, -0.15) is 0 Å². The van der Waals surface area contributed by atoms with Crippen LogP contribution in [0.15, 0.2) is 30.0 Å². The third-order valence-electron chi connectivity index (χ3n) is 6.86. The molecule has 0 N–H and O–H groups in total. The zero-order valence-electron chi connectivity index (χ0n) is 16.4. The topological polar surface area (TPSA) is 18.5 Å². The molecule has 4 atom stereocenters. The molecule has 0 spiro atoms. The summed E-state index contributed by atoms with van der Waals surface area (Å²) >= 11 is 0. The number of hydrogen-bond acceptors (Lipinski definition) is 2. The van der Waals surface area contributed by atoms with Crippen LogP contribution in [0.1, 0.15) is 49.7 Å². The van der Waals surface area contributed by atoms with Gasteiger partial charge in [-0.15, -0.1) is 0 Å². The lowest BCUT2D eigenvalue weighted by molar-refractivity contribution is 0.0506. The minimum absolute atomic E-state index is 0.269. The number of allylic oxidation sites excluding steroid dienone is 2. The quantitative estimate of drug-likeness (QED) is 0.628. The second kappa shape index (κ2) is 5.90. The first-order valence-electron chi connectivity index (χ1n) is 9.88. The van der Waals surface area contributed by atoms with Gasteiger partial charge in [-0.3, -0.25) is 0 Å². The van der Waals surface area contributed by atoms with Crippen LogP contribution < -0.4 is 4.74 Å². The molecule has 0 heterocycles. The molecule has 0 radical (unpaired) electrons. The number of fused-ring (bicyclic) bond motifs is 5. The Morgan fingerprint density at radius 2 is 1.96 bits per heavy atom. The zero-order chi connectivity index (χ0) is 17.8. The van der Waals surface area contributed by atoms with E-state index in [0.717, 1.165) is 23.5 Å². The van der Waals surface area contributed by atoms with Gasteiger partial charge in [0.1, 0.15) is 5.75 Å². The van der Waals surface area contributed by atoms with Gasteiger partial charge in [0.05, 0.1) is 12.9 Å². The van der Waals surface area contributed by atoms with Gasteiger partial charge in [0.25, 0.3) is 0 Å². The summed E-state index contributed by atoms with van der Waals surface area (Å²) in [6.07, 6.45) is 8.73. The lowest BCUT2D eigenvalue weighted by atomic mass is 9.55. The molecule has 1 aromatic rings. The molecule has 3 aliphatic carbocycles. The van der Waals surface area contributed by atoms with E-state index in [-0.39, 0.29) is 5.41 Å². The fourth-order valence-electron chi connectivity index (χ4n) is 5.70. The van der Waals surface area contributed by atoms with E-state index in [0.29, 0.717) is 0 Å². The van der Waals surface area contributed by atoms with Crippen molar-refractivity contribution in [3.05, 3.63) is 41.2 Å². The predicted molar refractivity (Wildman–Crippen MR) is 106 cm³/mol. The van der Waals surface area contributed by atoms with E-state index in [9.17, 15) is 0 Å². The van der Waals surface area contributed by atoms with E-state index >= 15 is 0 Å². The molecule has 1 saturated carbocycles. The Balaban J connectivity index is 1.61. The van der Waals surface area contributed by atoms with Crippen molar-refractivity contribution in [2.24, 2.45) is 17.3 Å². The van der Waals surface area contributed by atoms with Crippen LogP contribution in [0, 0.1) is 17.3 Å². The molecule has 0 saturated heterocycles. The predicted octanol–water partition coefficient (Wildman–Crippen LogP) is 5.90. The van der Waals surface area contributed by atoms with Crippen molar-refractivity contribution in [3.8, 4) is 5.75 Å². The summed E-state index contributed by atoms with van der Waals surface area (Å²) in [5.74, 6) is 4.63. The first kappa shape index (κ1) is 17.2. The monoisotopic (exact) mass is 356 g/mol. The molecular weight excluding hydrogens is 324 g/mol. The Morgan fingerprint density at radius 3 is 2.68 bits per heavy atom. The van der Waals surface area contributed by atoms with Gasteiger partial charge >= 0.3 is 0 Å². The normalized spacial score (nSPS) is 33.8. The van der Waals surface area contributed by atoms with Gasteiger partial charge in [-0.05, 0) is 98.8 Å². The molecule has 0 bridgehead atoms. The van der Waals surface area contributed by atoms with Crippen LogP contribution in [0.4, 0.5) is 0 Å². The average molecular weight is 357 g/mol. The Morgan fingerprint density at radius 1 is 1.16 bits per heavy atom. The Labute approximate surface area is 153 Å². The minimum Gasteiger partial charge on any atom is -0.547 e. The summed E-state index contributed by atoms with van der Waals surface area (Å²) in [6, 6.07) is 6.77. The third kappa shape index (κ3) is 2.85. The molecule has 25 heavy (non-hydrogen) atoms. The van der Waals surface area contributed by atoms with Crippen molar-refractivity contribution in [3.63, 3.8) is 0 Å². The van der Waals surface area contributed by atoms with Gasteiger partial charge < -0.3 is 9.16 Å². The highest BCUT2D eigenvalue weighted by molar-refractivity contribution is 6.70. The van der Waals surface area contributed by atoms with E-state index in [4.69, 9.17) is 9.16 Å². The fraction of sp³-hybridized carbons (Fsp3) is 0.636. The first-order valence-corrected chi connectivity index (χ1v) is 13.3. The zero-order valence-corrected chi connectivity index (χ0v) is 17.4. The van der Waals surface area contributed by atoms with E-state index in [1.807, 2.05) is 0 Å². The number of methoxy groups -OCH3 is 1. The second-order valence-corrected chi connectivity index (χ2v) is 13.9. The summed E-state index contributed by atoms with van der Waals surface area (Å²) < 4.78 is 12.0. The maximum Gasteiger partial charge on any atom is 0.241 e. The van der Waals surface area contributed by atoms with Crippen molar-refractivity contribution < 1.29 is 9.16 Å². The molecule has 2 nitrogen and oxygen atoms in total. The molecule has 3 heteroatoms. The van der Waals surface area contributed by atoms with E-state index in [1.165, 1.54) is 43.4 Å². The second-order valence-electron chi connectivity index (χ2n) is 9.45. The average Bonchev–Trinajstić information content (AvgIpc) is 2.89. The van der Waals surface area contributed by atoms with Crippen LogP contribution in [-0.2, 0) is 10.8 Å². The van der Waals surface area contributed by atoms with E-state index in [1.54, 1.807) is 12.7 Å². The maximum atomic E-state index is 6.53. The fourth-order valence-corrected chi connectivity index (χ4v) is 6.68. The highest BCUT2D eigenvalue weighted by Crippen LogP contribution is 2.61. The molecule has 3 unspecified atom stereocenters. The van der Waals surface area contributed by atoms with Gasteiger partial charge in [-0.1, -0.05) is 13.0 Å². The number of hydrogen-bond donors (Lipinski definition) is 0. The Hall–Kier alpha value is -1.22. The molecule has 3 aliphatic rings. The molecule has 0 aromatic heterocycles. The SMILES string of the molecule is COc1ccc2c(c1)CCC1C2CC[C@]2(C)C(O[Si](C)(C)C)=CCC12. The van der Waals surface area contributed by atoms with Crippen LogP contribution in [0.3, 0.4) is 0 Å². The lowest BCUT2D eigenvalue weighted by Gasteiger charge is -2.50. The number of benzene rings is 1. The van der Waals surface area contributed by atoms with Crippen molar-refractivity contribution in [2.45, 2.75) is 64.6 Å². The smallest absolute Gasteiger partial charge is 0.241 e. The summed E-state index contributed by atoms with van der Waals surface area (Å²) in [6.45, 7) is 9.40. The van der Waals surface area contributed by atoms with Crippen LogP contribution >= 0.6 is 0 Å².